The Hall–Kier alpha value is -2.17. The Morgan fingerprint density at radius 1 is 1.25 bits per heavy atom. The number of hydrogen-bond acceptors (Lipinski definition) is 4. The van der Waals surface area contributed by atoms with Gasteiger partial charge in [0, 0.05) is 12.2 Å². The molecule has 5 nitrogen and oxygen atoms in total. The van der Waals surface area contributed by atoms with E-state index in [2.05, 4.69) is 59.8 Å². The summed E-state index contributed by atoms with van der Waals surface area (Å²) in [6, 6.07) is 10.2. The van der Waals surface area contributed by atoms with Gasteiger partial charge in [-0.3, -0.25) is 0 Å². The lowest BCUT2D eigenvalue weighted by atomic mass is 10.1. The summed E-state index contributed by atoms with van der Waals surface area (Å²) in [7, 11) is 0. The molecule has 2 rings (SSSR count). The molecular formula is C15H21N5. The number of para-hydroxylation sites is 1. The molecule has 0 aliphatic heterocycles. The van der Waals surface area contributed by atoms with E-state index >= 15 is 0 Å². The van der Waals surface area contributed by atoms with E-state index in [0.29, 0.717) is 12.4 Å². The molecule has 0 atom stereocenters. The number of benzene rings is 1. The minimum atomic E-state index is -0.152. The molecule has 1 heterocycles. The van der Waals surface area contributed by atoms with Crippen LogP contribution in [-0.4, -0.2) is 26.8 Å². The van der Waals surface area contributed by atoms with E-state index < -0.39 is 0 Å². The van der Waals surface area contributed by atoms with E-state index in [1.54, 1.807) is 4.80 Å². The van der Waals surface area contributed by atoms with Gasteiger partial charge in [-0.2, -0.15) is 4.80 Å². The third-order valence-corrected chi connectivity index (χ3v) is 2.86. The van der Waals surface area contributed by atoms with Crippen molar-refractivity contribution in [2.45, 2.75) is 32.9 Å². The third-order valence-electron chi connectivity index (χ3n) is 2.86. The van der Waals surface area contributed by atoms with Crippen molar-refractivity contribution in [2.24, 2.45) is 0 Å². The van der Waals surface area contributed by atoms with Crippen LogP contribution in [0.1, 0.15) is 26.6 Å². The lowest BCUT2D eigenvalue weighted by Crippen LogP contribution is -2.26. The Bertz CT molecular complexity index is 553. The highest BCUT2D eigenvalue weighted by molar-refractivity contribution is 5.46. The topological polar surface area (TPSA) is 46.8 Å². The summed E-state index contributed by atoms with van der Waals surface area (Å²) in [5.74, 6) is 0.714. The molecule has 20 heavy (non-hydrogen) atoms. The molecule has 2 aromatic rings. The van der Waals surface area contributed by atoms with Crippen LogP contribution in [0.3, 0.4) is 0 Å². The molecule has 0 spiro atoms. The van der Waals surface area contributed by atoms with Crippen molar-refractivity contribution < 1.29 is 0 Å². The summed E-state index contributed by atoms with van der Waals surface area (Å²) in [6.45, 7) is 11.3. The van der Waals surface area contributed by atoms with Gasteiger partial charge in [-0.25, -0.2) is 0 Å². The fraction of sp³-hybridized carbons (Fsp3) is 0.400. The zero-order valence-electron chi connectivity index (χ0n) is 12.3. The van der Waals surface area contributed by atoms with Gasteiger partial charge in [-0.05, 0) is 38.1 Å². The standard InChI is InChI=1S/C15H21N5/c1-5-11-19(13-9-7-6-8-10-13)12-14-16-18-20(17-14)15(2,3)4/h5-10H,1,11-12H2,2-4H3. The number of nitrogens with zero attached hydrogens (tertiary/aromatic N) is 5. The zero-order chi connectivity index (χ0) is 14.6. The van der Waals surface area contributed by atoms with Crippen LogP contribution in [0, 0.1) is 0 Å². The second-order valence-electron chi connectivity index (χ2n) is 5.67. The van der Waals surface area contributed by atoms with Crippen LogP contribution in [0.5, 0.6) is 0 Å². The molecule has 0 unspecified atom stereocenters. The monoisotopic (exact) mass is 271 g/mol. The molecule has 0 fully saturated rings. The molecule has 0 aliphatic rings. The second-order valence-corrected chi connectivity index (χ2v) is 5.67. The van der Waals surface area contributed by atoms with Crippen LogP contribution in [0.4, 0.5) is 5.69 Å². The van der Waals surface area contributed by atoms with Crippen molar-refractivity contribution >= 4 is 5.69 Å². The van der Waals surface area contributed by atoms with E-state index in [1.165, 1.54) is 0 Å². The van der Waals surface area contributed by atoms with Crippen LogP contribution < -0.4 is 4.90 Å². The molecule has 0 saturated carbocycles. The van der Waals surface area contributed by atoms with Crippen molar-refractivity contribution in [3.05, 3.63) is 48.8 Å². The van der Waals surface area contributed by atoms with E-state index in [4.69, 9.17) is 0 Å². The van der Waals surface area contributed by atoms with Crippen LogP contribution in [0.2, 0.25) is 0 Å². The maximum atomic E-state index is 4.45. The van der Waals surface area contributed by atoms with Gasteiger partial charge in [0.1, 0.15) is 0 Å². The number of aromatic nitrogens is 4. The Kier molecular flexibility index (Phi) is 4.17. The van der Waals surface area contributed by atoms with Gasteiger partial charge in [0.15, 0.2) is 5.82 Å². The fourth-order valence-corrected chi connectivity index (χ4v) is 1.82. The summed E-state index contributed by atoms with van der Waals surface area (Å²) < 4.78 is 0. The summed E-state index contributed by atoms with van der Waals surface area (Å²) in [6.07, 6.45) is 1.88. The van der Waals surface area contributed by atoms with Crippen LogP contribution >= 0.6 is 0 Å². The molecule has 0 radical (unpaired) electrons. The van der Waals surface area contributed by atoms with Gasteiger partial charge in [0.2, 0.25) is 0 Å². The van der Waals surface area contributed by atoms with Crippen LogP contribution in [0.15, 0.2) is 43.0 Å². The first-order valence-electron chi connectivity index (χ1n) is 6.71. The number of hydrogen-bond donors (Lipinski definition) is 0. The Morgan fingerprint density at radius 3 is 2.50 bits per heavy atom. The molecule has 5 heteroatoms. The Morgan fingerprint density at radius 2 is 1.95 bits per heavy atom. The van der Waals surface area contributed by atoms with E-state index in [1.807, 2.05) is 24.3 Å². The first-order valence-corrected chi connectivity index (χ1v) is 6.71. The maximum absolute atomic E-state index is 4.45. The van der Waals surface area contributed by atoms with Crippen molar-refractivity contribution in [1.82, 2.24) is 20.2 Å². The average Bonchev–Trinajstić information content (AvgIpc) is 2.88. The van der Waals surface area contributed by atoms with Gasteiger partial charge < -0.3 is 4.90 Å². The number of anilines is 1. The largest absolute Gasteiger partial charge is 0.360 e. The van der Waals surface area contributed by atoms with Gasteiger partial charge in [-0.15, -0.1) is 16.8 Å². The highest BCUT2D eigenvalue weighted by atomic mass is 15.6. The fourth-order valence-electron chi connectivity index (χ4n) is 1.82. The highest BCUT2D eigenvalue weighted by Gasteiger charge is 2.18. The van der Waals surface area contributed by atoms with Gasteiger partial charge in [0.25, 0.3) is 0 Å². The SMILES string of the molecule is C=CCN(Cc1nnn(C(C)(C)C)n1)c1ccccc1. The Labute approximate surface area is 119 Å². The normalized spacial score (nSPS) is 11.3. The van der Waals surface area contributed by atoms with Gasteiger partial charge in [-0.1, -0.05) is 24.3 Å². The summed E-state index contributed by atoms with van der Waals surface area (Å²) in [5, 5.41) is 12.7. The van der Waals surface area contributed by atoms with Crippen LogP contribution in [0.25, 0.3) is 0 Å². The van der Waals surface area contributed by atoms with Crippen molar-refractivity contribution in [3.8, 4) is 0 Å². The van der Waals surface area contributed by atoms with Gasteiger partial charge >= 0.3 is 0 Å². The minimum absolute atomic E-state index is 0.152. The molecule has 1 aromatic carbocycles. The molecule has 0 saturated heterocycles. The third kappa shape index (κ3) is 3.44. The quantitative estimate of drug-likeness (QED) is 0.784. The average molecular weight is 271 g/mol. The predicted molar refractivity (Wildman–Crippen MR) is 80.5 cm³/mol. The van der Waals surface area contributed by atoms with Crippen LogP contribution in [-0.2, 0) is 12.1 Å². The lowest BCUT2D eigenvalue weighted by molar-refractivity contribution is 0.305. The molecular weight excluding hydrogens is 250 g/mol. The van der Waals surface area contributed by atoms with Crippen molar-refractivity contribution in [3.63, 3.8) is 0 Å². The lowest BCUT2D eigenvalue weighted by Gasteiger charge is -2.21. The molecule has 0 N–H and O–H groups in total. The number of tetrazole rings is 1. The molecule has 0 bridgehead atoms. The summed E-state index contributed by atoms with van der Waals surface area (Å²) in [4.78, 5) is 3.82. The zero-order valence-corrected chi connectivity index (χ0v) is 12.3. The van der Waals surface area contributed by atoms with Crippen molar-refractivity contribution in [1.29, 1.82) is 0 Å². The summed E-state index contributed by atoms with van der Waals surface area (Å²) >= 11 is 0. The summed E-state index contributed by atoms with van der Waals surface area (Å²) in [5.41, 5.74) is 0.973. The maximum Gasteiger partial charge on any atom is 0.194 e. The molecule has 0 aliphatic carbocycles. The van der Waals surface area contributed by atoms with Gasteiger partial charge in [0.05, 0.1) is 12.1 Å². The first-order chi connectivity index (χ1) is 9.50. The minimum Gasteiger partial charge on any atom is -0.360 e. The Balaban J connectivity index is 2.17. The smallest absolute Gasteiger partial charge is 0.194 e. The molecule has 0 amide bonds. The predicted octanol–water partition coefficient (Wildman–Crippen LogP) is 2.62. The van der Waals surface area contributed by atoms with E-state index in [-0.39, 0.29) is 5.54 Å². The number of rotatable bonds is 5. The molecule has 106 valence electrons. The van der Waals surface area contributed by atoms with E-state index in [0.717, 1.165) is 12.2 Å². The van der Waals surface area contributed by atoms with Crippen molar-refractivity contribution in [2.75, 3.05) is 11.4 Å². The van der Waals surface area contributed by atoms with E-state index in [9.17, 15) is 0 Å². The molecule has 1 aromatic heterocycles. The highest BCUT2D eigenvalue weighted by Crippen LogP contribution is 2.16. The first kappa shape index (κ1) is 14.2. The second kappa shape index (κ2) is 5.86.